The largest absolute Gasteiger partial charge is 0.304 e. The quantitative estimate of drug-likeness (QED) is 0.546. The summed E-state index contributed by atoms with van der Waals surface area (Å²) < 4.78 is 20.4. The van der Waals surface area contributed by atoms with E-state index in [-0.39, 0.29) is 0 Å². The van der Waals surface area contributed by atoms with Crippen molar-refractivity contribution >= 4 is 11.4 Å². The third-order valence-corrected chi connectivity index (χ3v) is 2.43. The molecule has 1 unspecified atom stereocenters. The topological polar surface area (TPSA) is 35.5 Å². The molecule has 13 heavy (non-hydrogen) atoms. The van der Waals surface area contributed by atoms with Gasteiger partial charge in [0.05, 0.1) is 13.2 Å². The lowest BCUT2D eigenvalue weighted by Crippen LogP contribution is -2.03. The monoisotopic (exact) mass is 208 g/mol. The molecule has 0 rings (SSSR count). The molecular formula is C9H20O3S. The van der Waals surface area contributed by atoms with E-state index in [0.717, 1.165) is 12.8 Å². The summed E-state index contributed by atoms with van der Waals surface area (Å²) >= 11 is -1.53. The van der Waals surface area contributed by atoms with Gasteiger partial charge >= 0.3 is 11.4 Å². The van der Waals surface area contributed by atoms with Crippen LogP contribution in [0.3, 0.4) is 0 Å². The molecule has 0 spiro atoms. The summed E-state index contributed by atoms with van der Waals surface area (Å²) in [6.45, 7) is 4.95. The van der Waals surface area contributed by atoms with Crippen molar-refractivity contribution in [1.29, 1.82) is 0 Å². The Kier molecular flexibility index (Phi) is 10.2. The molecular weight excluding hydrogens is 188 g/mol. The Bertz CT molecular complexity index is 128. The van der Waals surface area contributed by atoms with E-state index in [2.05, 4.69) is 6.92 Å². The molecule has 3 nitrogen and oxygen atoms in total. The molecule has 0 aliphatic carbocycles. The molecule has 0 fully saturated rings. The van der Waals surface area contributed by atoms with E-state index < -0.39 is 11.4 Å². The number of hydrogen-bond acceptors (Lipinski definition) is 3. The Labute approximate surface area is 83.7 Å². The summed E-state index contributed by atoms with van der Waals surface area (Å²) in [6.07, 6.45) is 5.87. The second-order valence-corrected chi connectivity index (χ2v) is 3.73. The lowest BCUT2D eigenvalue weighted by atomic mass is 10.2. The van der Waals surface area contributed by atoms with Crippen LogP contribution >= 0.6 is 0 Å². The Morgan fingerprint density at radius 3 is 2.31 bits per heavy atom. The molecule has 0 amide bonds. The smallest absolute Gasteiger partial charge is 0.269 e. The van der Waals surface area contributed by atoms with Gasteiger partial charge in [0.25, 0.3) is 0 Å². The lowest BCUT2D eigenvalue weighted by molar-refractivity contribution is 0.253. The normalized spacial score (nSPS) is 13.1. The second-order valence-electron chi connectivity index (χ2n) is 2.85. The lowest BCUT2D eigenvalue weighted by Gasteiger charge is -2.01. The van der Waals surface area contributed by atoms with Crippen LogP contribution < -0.4 is 0 Å². The Hall–Kier alpha value is 0.0700. The van der Waals surface area contributed by atoms with Crippen molar-refractivity contribution in [3.05, 3.63) is 0 Å². The van der Waals surface area contributed by atoms with Crippen LogP contribution in [0, 0.1) is 0 Å². The van der Waals surface area contributed by atoms with Crippen LogP contribution in [-0.2, 0) is 19.7 Å². The zero-order chi connectivity index (χ0) is 9.94. The van der Waals surface area contributed by atoms with Gasteiger partial charge in [-0.2, -0.15) is 4.21 Å². The highest BCUT2D eigenvalue weighted by molar-refractivity contribution is 7.75. The first kappa shape index (κ1) is 13.1. The molecule has 0 N–H and O–H groups in total. The van der Waals surface area contributed by atoms with E-state index in [1.807, 2.05) is 0 Å². The molecule has 0 radical (unpaired) electrons. The number of unbranched alkanes of at least 4 members (excludes halogenated alkanes) is 4. The van der Waals surface area contributed by atoms with Gasteiger partial charge in [0, 0.05) is 0 Å². The van der Waals surface area contributed by atoms with Crippen molar-refractivity contribution in [1.82, 2.24) is 0 Å². The van der Waals surface area contributed by atoms with E-state index in [4.69, 9.17) is 8.37 Å². The fourth-order valence-corrected chi connectivity index (χ4v) is 1.48. The summed E-state index contributed by atoms with van der Waals surface area (Å²) in [4.78, 5) is 0. The molecule has 4 heteroatoms. The zero-order valence-corrected chi connectivity index (χ0v) is 9.40. The summed E-state index contributed by atoms with van der Waals surface area (Å²) in [7, 11) is 0. The average molecular weight is 208 g/mol. The SMILES string of the molecule is CCCCCCCOS(=O)OCC. The van der Waals surface area contributed by atoms with Gasteiger partial charge in [-0.25, -0.2) is 0 Å². The third kappa shape index (κ3) is 9.99. The predicted octanol–water partition coefficient (Wildman–Crippen LogP) is 2.59. The van der Waals surface area contributed by atoms with E-state index in [1.165, 1.54) is 19.3 Å². The summed E-state index contributed by atoms with van der Waals surface area (Å²) in [5, 5.41) is 0. The molecule has 0 saturated carbocycles. The van der Waals surface area contributed by atoms with E-state index >= 15 is 0 Å². The first-order valence-corrected chi connectivity index (χ1v) is 5.99. The highest BCUT2D eigenvalue weighted by Gasteiger charge is 1.97. The van der Waals surface area contributed by atoms with Crippen molar-refractivity contribution in [3.8, 4) is 0 Å². The molecule has 80 valence electrons. The molecule has 0 bridgehead atoms. The number of rotatable bonds is 9. The molecule has 0 aromatic rings. The Morgan fingerprint density at radius 2 is 1.69 bits per heavy atom. The maximum atomic E-state index is 10.8. The van der Waals surface area contributed by atoms with Crippen LogP contribution in [0.1, 0.15) is 46.0 Å². The van der Waals surface area contributed by atoms with Gasteiger partial charge in [-0.15, -0.1) is 0 Å². The van der Waals surface area contributed by atoms with Crippen LogP contribution in [0.25, 0.3) is 0 Å². The van der Waals surface area contributed by atoms with Gasteiger partial charge in [-0.05, 0) is 13.3 Å². The van der Waals surface area contributed by atoms with Crippen LogP contribution in [-0.4, -0.2) is 17.4 Å². The van der Waals surface area contributed by atoms with Crippen LogP contribution in [0.4, 0.5) is 0 Å². The van der Waals surface area contributed by atoms with E-state index in [1.54, 1.807) is 6.92 Å². The van der Waals surface area contributed by atoms with Crippen molar-refractivity contribution in [3.63, 3.8) is 0 Å². The van der Waals surface area contributed by atoms with Crippen LogP contribution in [0.15, 0.2) is 0 Å². The second kappa shape index (κ2) is 10.2. The summed E-state index contributed by atoms with van der Waals surface area (Å²) in [6, 6.07) is 0. The van der Waals surface area contributed by atoms with Crippen molar-refractivity contribution in [2.45, 2.75) is 46.0 Å². The van der Waals surface area contributed by atoms with Crippen molar-refractivity contribution in [2.75, 3.05) is 13.2 Å². The minimum atomic E-state index is -1.53. The van der Waals surface area contributed by atoms with Gasteiger partial charge in [0.2, 0.25) is 0 Å². The van der Waals surface area contributed by atoms with Gasteiger partial charge in [-0.3, -0.25) is 8.37 Å². The van der Waals surface area contributed by atoms with Gasteiger partial charge < -0.3 is 0 Å². The molecule has 0 heterocycles. The van der Waals surface area contributed by atoms with E-state index in [9.17, 15) is 4.21 Å². The first-order chi connectivity index (χ1) is 6.31. The minimum absolute atomic E-state index is 0.433. The highest BCUT2D eigenvalue weighted by Crippen LogP contribution is 2.03. The highest BCUT2D eigenvalue weighted by atomic mass is 32.2. The fraction of sp³-hybridized carbons (Fsp3) is 1.00. The molecule has 0 saturated heterocycles. The maximum absolute atomic E-state index is 10.8. The average Bonchev–Trinajstić information content (AvgIpc) is 2.11. The van der Waals surface area contributed by atoms with Gasteiger partial charge in [0.1, 0.15) is 0 Å². The fourth-order valence-electron chi connectivity index (χ4n) is 0.963. The zero-order valence-electron chi connectivity index (χ0n) is 8.58. The standard InChI is InChI=1S/C9H20O3S/c1-3-5-6-7-8-9-12-13(10)11-4-2/h3-9H2,1-2H3. The summed E-state index contributed by atoms with van der Waals surface area (Å²) in [5.41, 5.74) is 0. The minimum Gasteiger partial charge on any atom is -0.269 e. The molecule has 0 aromatic carbocycles. The number of hydrogen-bond donors (Lipinski definition) is 0. The Balaban J connectivity index is 3.02. The summed E-state index contributed by atoms with van der Waals surface area (Å²) in [5.74, 6) is 0. The molecule has 0 aliphatic rings. The third-order valence-electron chi connectivity index (χ3n) is 1.64. The molecule has 0 aliphatic heterocycles. The molecule has 0 aromatic heterocycles. The van der Waals surface area contributed by atoms with E-state index in [0.29, 0.717) is 13.2 Å². The first-order valence-electron chi connectivity index (χ1n) is 4.99. The predicted molar refractivity (Wildman–Crippen MR) is 54.5 cm³/mol. The van der Waals surface area contributed by atoms with Crippen molar-refractivity contribution < 1.29 is 12.6 Å². The maximum Gasteiger partial charge on any atom is 0.304 e. The van der Waals surface area contributed by atoms with Crippen molar-refractivity contribution in [2.24, 2.45) is 0 Å². The van der Waals surface area contributed by atoms with Gasteiger partial charge in [0.15, 0.2) is 0 Å². The molecule has 1 atom stereocenters. The van der Waals surface area contributed by atoms with Gasteiger partial charge in [-0.1, -0.05) is 32.6 Å². The van der Waals surface area contributed by atoms with Crippen LogP contribution in [0.5, 0.6) is 0 Å². The van der Waals surface area contributed by atoms with Crippen LogP contribution in [0.2, 0.25) is 0 Å². The Morgan fingerprint density at radius 1 is 1.00 bits per heavy atom.